The molecular formula is C3H5ClO3S. The Morgan fingerprint density at radius 2 is 2.12 bits per heavy atom. The van der Waals surface area contributed by atoms with E-state index >= 15 is 0 Å². The van der Waals surface area contributed by atoms with Gasteiger partial charge in [0.15, 0.2) is 0 Å². The molecule has 0 amide bonds. The van der Waals surface area contributed by atoms with E-state index in [4.69, 9.17) is 16.2 Å². The Bertz CT molecular complexity index is 169. The zero-order chi connectivity index (χ0) is 6.62. The summed E-state index contributed by atoms with van der Waals surface area (Å²) in [6.07, 6.45) is 1.14. The predicted octanol–water partition coefficient (Wildman–Crippen LogP) is 0.627. The molecule has 0 aromatic heterocycles. The maximum Gasteiger partial charge on any atom is 0.287 e. The maximum absolute atomic E-state index is 9.80. The molecular weight excluding hydrogens is 152 g/mol. The van der Waals surface area contributed by atoms with Crippen LogP contribution in [-0.2, 0) is 10.1 Å². The molecule has 0 aromatic carbocycles. The molecule has 0 saturated carbocycles. The van der Waals surface area contributed by atoms with E-state index in [1.165, 1.54) is 0 Å². The average molecular weight is 157 g/mol. The predicted molar refractivity (Wildman–Crippen MR) is 31.4 cm³/mol. The molecule has 0 heterocycles. The van der Waals surface area contributed by atoms with E-state index in [-0.39, 0.29) is 5.88 Å². The number of allylic oxidation sites excluding steroid dienone is 1. The fraction of sp³-hybridized carbons (Fsp3) is 0.333. The van der Waals surface area contributed by atoms with Crippen LogP contribution in [0, 0.1) is 0 Å². The number of hydrogen-bond acceptors (Lipinski definition) is 2. The summed E-state index contributed by atoms with van der Waals surface area (Å²) in [6.45, 7) is 0. The summed E-state index contributed by atoms with van der Waals surface area (Å²) in [7, 11) is -3.95. The Morgan fingerprint density at radius 1 is 1.62 bits per heavy atom. The highest BCUT2D eigenvalue weighted by molar-refractivity contribution is 7.88. The first-order valence-corrected chi connectivity index (χ1v) is 3.80. The highest BCUT2D eigenvalue weighted by atomic mass is 35.5. The number of halogens is 1. The summed E-state index contributed by atoms with van der Waals surface area (Å²) in [5.74, 6) is 0.0831. The van der Waals surface area contributed by atoms with Gasteiger partial charge in [0, 0.05) is 5.88 Å². The number of rotatable bonds is 2. The normalized spacial score (nSPS) is 12.8. The van der Waals surface area contributed by atoms with E-state index in [1.54, 1.807) is 0 Å². The third-order valence-electron chi connectivity index (χ3n) is 0.357. The van der Waals surface area contributed by atoms with Gasteiger partial charge >= 0.3 is 0 Å². The molecule has 0 aliphatic heterocycles. The Kier molecular flexibility index (Phi) is 3.04. The van der Waals surface area contributed by atoms with Gasteiger partial charge in [-0.3, -0.25) is 4.55 Å². The van der Waals surface area contributed by atoms with Crippen LogP contribution in [0.15, 0.2) is 11.5 Å². The van der Waals surface area contributed by atoms with Crippen molar-refractivity contribution in [1.29, 1.82) is 0 Å². The van der Waals surface area contributed by atoms with Gasteiger partial charge in [0.1, 0.15) is 0 Å². The molecule has 0 saturated heterocycles. The van der Waals surface area contributed by atoms with E-state index in [1.807, 2.05) is 0 Å². The minimum atomic E-state index is -3.95. The third-order valence-corrected chi connectivity index (χ3v) is 1.07. The lowest BCUT2D eigenvalue weighted by molar-refractivity contribution is 0.494. The van der Waals surface area contributed by atoms with Crippen molar-refractivity contribution in [2.45, 2.75) is 0 Å². The van der Waals surface area contributed by atoms with Crippen molar-refractivity contribution >= 4 is 21.7 Å². The van der Waals surface area contributed by atoms with Gasteiger partial charge in [-0.2, -0.15) is 8.42 Å². The molecule has 0 bridgehead atoms. The van der Waals surface area contributed by atoms with E-state index in [0.717, 1.165) is 6.08 Å². The zero-order valence-corrected chi connectivity index (χ0v) is 5.48. The average Bonchev–Trinajstić information content (AvgIpc) is 1.59. The third kappa shape index (κ3) is 5.94. The number of alkyl halides is 1. The molecule has 0 aliphatic carbocycles. The summed E-state index contributed by atoms with van der Waals surface area (Å²) in [5, 5.41) is 0.639. The summed E-state index contributed by atoms with van der Waals surface area (Å²) < 4.78 is 27.6. The molecule has 0 radical (unpaired) electrons. The van der Waals surface area contributed by atoms with E-state index < -0.39 is 10.1 Å². The van der Waals surface area contributed by atoms with Crippen LogP contribution >= 0.6 is 11.6 Å². The summed E-state index contributed by atoms with van der Waals surface area (Å²) in [6, 6.07) is 0. The molecule has 5 heteroatoms. The highest BCUT2D eigenvalue weighted by Gasteiger charge is 1.91. The van der Waals surface area contributed by atoms with Crippen LogP contribution < -0.4 is 0 Å². The van der Waals surface area contributed by atoms with Gasteiger partial charge in [-0.05, 0) is 0 Å². The second kappa shape index (κ2) is 3.06. The van der Waals surface area contributed by atoms with Crippen molar-refractivity contribution in [2.75, 3.05) is 5.88 Å². The Morgan fingerprint density at radius 3 is 2.25 bits per heavy atom. The second-order valence-electron chi connectivity index (χ2n) is 1.04. The maximum atomic E-state index is 9.80. The van der Waals surface area contributed by atoms with Gasteiger partial charge < -0.3 is 0 Å². The van der Waals surface area contributed by atoms with Crippen molar-refractivity contribution in [1.82, 2.24) is 0 Å². The topological polar surface area (TPSA) is 54.4 Å². The van der Waals surface area contributed by atoms with Crippen molar-refractivity contribution < 1.29 is 13.0 Å². The largest absolute Gasteiger partial charge is 0.287 e. The summed E-state index contributed by atoms with van der Waals surface area (Å²) in [5.41, 5.74) is 0. The van der Waals surface area contributed by atoms with Gasteiger partial charge in [0.25, 0.3) is 10.1 Å². The van der Waals surface area contributed by atoms with E-state index in [2.05, 4.69) is 0 Å². The molecule has 8 heavy (non-hydrogen) atoms. The van der Waals surface area contributed by atoms with E-state index in [9.17, 15) is 8.42 Å². The van der Waals surface area contributed by atoms with Gasteiger partial charge in [0.2, 0.25) is 0 Å². The summed E-state index contributed by atoms with van der Waals surface area (Å²) >= 11 is 5.05. The monoisotopic (exact) mass is 156 g/mol. The Balaban J connectivity index is 3.92. The van der Waals surface area contributed by atoms with Crippen molar-refractivity contribution in [3.8, 4) is 0 Å². The van der Waals surface area contributed by atoms with Crippen molar-refractivity contribution in [2.24, 2.45) is 0 Å². The van der Waals surface area contributed by atoms with Crippen LogP contribution in [0.5, 0.6) is 0 Å². The Hall–Kier alpha value is -0.0600. The Labute approximate surface area is 52.7 Å². The quantitative estimate of drug-likeness (QED) is 0.471. The fourth-order valence-corrected chi connectivity index (χ4v) is 0.692. The molecule has 48 valence electrons. The van der Waals surface area contributed by atoms with Crippen LogP contribution in [0.25, 0.3) is 0 Å². The molecule has 0 aliphatic rings. The van der Waals surface area contributed by atoms with E-state index in [0.29, 0.717) is 5.41 Å². The zero-order valence-electron chi connectivity index (χ0n) is 3.91. The minimum Gasteiger partial charge on any atom is -0.282 e. The fourth-order valence-electron chi connectivity index (χ4n) is 0.158. The molecule has 0 rings (SSSR count). The standard InChI is InChI=1S/C3H5ClO3S/c4-2-1-3-8(5,6)7/h1,3H,2H2,(H,5,6,7). The lowest BCUT2D eigenvalue weighted by Crippen LogP contribution is -1.88. The first-order chi connectivity index (χ1) is 3.56. The van der Waals surface area contributed by atoms with Gasteiger partial charge in [-0.15, -0.1) is 11.6 Å². The highest BCUT2D eigenvalue weighted by Crippen LogP contribution is 1.85. The van der Waals surface area contributed by atoms with Gasteiger partial charge in [0.05, 0.1) is 5.41 Å². The smallest absolute Gasteiger partial charge is 0.282 e. The minimum absolute atomic E-state index is 0.0831. The molecule has 0 unspecified atom stereocenters. The lowest BCUT2D eigenvalue weighted by atomic mass is 10.8. The van der Waals surface area contributed by atoms with Crippen LogP contribution in [-0.4, -0.2) is 18.9 Å². The molecule has 0 fully saturated rings. The summed E-state index contributed by atoms with van der Waals surface area (Å²) in [4.78, 5) is 0. The van der Waals surface area contributed by atoms with Crippen LogP contribution in [0.4, 0.5) is 0 Å². The van der Waals surface area contributed by atoms with Crippen LogP contribution in [0.2, 0.25) is 0 Å². The SMILES string of the molecule is O=S(=O)(O)C=CCCl. The van der Waals surface area contributed by atoms with Gasteiger partial charge in [-0.25, -0.2) is 0 Å². The molecule has 0 spiro atoms. The molecule has 0 atom stereocenters. The number of hydrogen-bond donors (Lipinski definition) is 1. The molecule has 0 aromatic rings. The van der Waals surface area contributed by atoms with Crippen molar-refractivity contribution in [3.63, 3.8) is 0 Å². The van der Waals surface area contributed by atoms with Crippen molar-refractivity contribution in [3.05, 3.63) is 11.5 Å². The van der Waals surface area contributed by atoms with Crippen LogP contribution in [0.3, 0.4) is 0 Å². The first-order valence-electron chi connectivity index (χ1n) is 1.76. The lowest BCUT2D eigenvalue weighted by Gasteiger charge is -1.78. The van der Waals surface area contributed by atoms with Crippen LogP contribution in [0.1, 0.15) is 0 Å². The first kappa shape index (κ1) is 7.94. The molecule has 1 N–H and O–H groups in total. The van der Waals surface area contributed by atoms with Gasteiger partial charge in [-0.1, -0.05) is 6.08 Å². The molecule has 3 nitrogen and oxygen atoms in total. The second-order valence-corrected chi connectivity index (χ2v) is 2.65.